The van der Waals surface area contributed by atoms with Gasteiger partial charge in [0.15, 0.2) is 0 Å². The number of rotatable bonds is 2. The van der Waals surface area contributed by atoms with E-state index in [1.807, 2.05) is 48.9 Å². The third-order valence-corrected chi connectivity index (χ3v) is 4.02. The number of carbonyl (C=O) groups excluding carboxylic acids is 1. The number of hydrogen-bond donors (Lipinski definition) is 1. The molecule has 5 heteroatoms. The van der Waals surface area contributed by atoms with Crippen LogP contribution in [0.1, 0.15) is 36.5 Å². The summed E-state index contributed by atoms with van der Waals surface area (Å²) in [6.45, 7) is 5.30. The van der Waals surface area contributed by atoms with Crippen LogP contribution >= 0.6 is 0 Å². The molecule has 1 aromatic heterocycles. The second-order valence-electron chi connectivity index (χ2n) is 6.18. The minimum Gasteiger partial charge on any atom is -0.336 e. The van der Waals surface area contributed by atoms with Crippen molar-refractivity contribution in [1.29, 1.82) is 0 Å². The van der Waals surface area contributed by atoms with E-state index in [1.165, 1.54) is 11.1 Å². The Bertz CT molecular complexity index is 677. The van der Waals surface area contributed by atoms with Crippen molar-refractivity contribution in [1.82, 2.24) is 20.0 Å². The van der Waals surface area contributed by atoms with Gasteiger partial charge >= 0.3 is 6.03 Å². The molecule has 22 heavy (non-hydrogen) atoms. The number of aromatic nitrogens is 2. The Balaban J connectivity index is 1.93. The number of nitrogens with zero attached hydrogens (tertiary/aromatic N) is 3. The molecule has 0 bridgehead atoms. The summed E-state index contributed by atoms with van der Waals surface area (Å²) in [7, 11) is 1.92. The van der Waals surface area contributed by atoms with Gasteiger partial charge in [0.1, 0.15) is 0 Å². The van der Waals surface area contributed by atoms with Gasteiger partial charge in [0.2, 0.25) is 0 Å². The third kappa shape index (κ3) is 2.84. The maximum Gasteiger partial charge on any atom is 0.317 e. The first-order valence-electron chi connectivity index (χ1n) is 7.66. The predicted octanol–water partition coefficient (Wildman–Crippen LogP) is 2.49. The lowest BCUT2D eigenvalue weighted by Gasteiger charge is -2.34. The van der Waals surface area contributed by atoms with E-state index in [2.05, 4.69) is 28.6 Å². The molecule has 2 aromatic rings. The Labute approximate surface area is 130 Å². The number of benzene rings is 1. The molecule has 5 nitrogen and oxygen atoms in total. The zero-order chi connectivity index (χ0) is 15.7. The van der Waals surface area contributed by atoms with Gasteiger partial charge in [-0.1, -0.05) is 24.3 Å². The van der Waals surface area contributed by atoms with Crippen LogP contribution in [0.4, 0.5) is 4.79 Å². The largest absolute Gasteiger partial charge is 0.336 e. The SMILES string of the molecule is CC(C)NC(=O)N1Cc2ccccc2C(c2cnn(C)c2)C1. The highest BCUT2D eigenvalue weighted by atomic mass is 16.2. The average molecular weight is 298 g/mol. The minimum atomic E-state index is -0.00149. The molecule has 1 aliphatic heterocycles. The van der Waals surface area contributed by atoms with Crippen LogP contribution in [-0.2, 0) is 13.6 Å². The Kier molecular flexibility index (Phi) is 3.88. The Morgan fingerprint density at radius 3 is 2.82 bits per heavy atom. The molecule has 0 spiro atoms. The predicted molar refractivity (Wildman–Crippen MR) is 85.6 cm³/mol. The van der Waals surface area contributed by atoms with Crippen molar-refractivity contribution in [3.63, 3.8) is 0 Å². The lowest BCUT2D eigenvalue weighted by molar-refractivity contribution is 0.186. The summed E-state index contributed by atoms with van der Waals surface area (Å²) in [6.07, 6.45) is 3.93. The molecule has 1 unspecified atom stereocenters. The van der Waals surface area contributed by atoms with Gasteiger partial charge < -0.3 is 10.2 Å². The molecule has 0 saturated carbocycles. The zero-order valence-electron chi connectivity index (χ0n) is 13.3. The lowest BCUT2D eigenvalue weighted by atomic mass is 9.86. The lowest BCUT2D eigenvalue weighted by Crippen LogP contribution is -2.46. The average Bonchev–Trinajstić information content (AvgIpc) is 2.91. The number of hydrogen-bond acceptors (Lipinski definition) is 2. The Morgan fingerprint density at radius 2 is 2.14 bits per heavy atom. The maximum atomic E-state index is 12.4. The highest BCUT2D eigenvalue weighted by Gasteiger charge is 2.29. The maximum absolute atomic E-state index is 12.4. The van der Waals surface area contributed by atoms with Crippen molar-refractivity contribution in [2.24, 2.45) is 7.05 Å². The second-order valence-corrected chi connectivity index (χ2v) is 6.18. The van der Waals surface area contributed by atoms with Crippen LogP contribution in [-0.4, -0.2) is 33.3 Å². The summed E-state index contributed by atoms with van der Waals surface area (Å²) in [6, 6.07) is 8.49. The van der Waals surface area contributed by atoms with Gasteiger partial charge in [-0.2, -0.15) is 5.10 Å². The summed E-state index contributed by atoms with van der Waals surface area (Å²) in [5.41, 5.74) is 3.66. The quantitative estimate of drug-likeness (QED) is 0.926. The Morgan fingerprint density at radius 1 is 1.36 bits per heavy atom. The molecule has 2 amide bonds. The Hall–Kier alpha value is -2.30. The number of carbonyl (C=O) groups is 1. The van der Waals surface area contributed by atoms with E-state index in [9.17, 15) is 4.79 Å². The zero-order valence-corrected chi connectivity index (χ0v) is 13.3. The molecule has 1 atom stereocenters. The number of nitrogens with one attached hydrogen (secondary N) is 1. The van der Waals surface area contributed by atoms with Crippen molar-refractivity contribution in [3.8, 4) is 0 Å². The number of urea groups is 1. The van der Waals surface area contributed by atoms with Crippen molar-refractivity contribution >= 4 is 6.03 Å². The molecule has 1 aromatic carbocycles. The van der Waals surface area contributed by atoms with Gasteiger partial charge in [0.05, 0.1) is 6.20 Å². The van der Waals surface area contributed by atoms with E-state index in [-0.39, 0.29) is 18.0 Å². The molecular weight excluding hydrogens is 276 g/mol. The van der Waals surface area contributed by atoms with Gasteiger partial charge in [-0.3, -0.25) is 4.68 Å². The summed E-state index contributed by atoms with van der Waals surface area (Å²) in [5.74, 6) is 0.177. The smallest absolute Gasteiger partial charge is 0.317 e. The van der Waals surface area contributed by atoms with Crippen molar-refractivity contribution in [3.05, 3.63) is 53.3 Å². The highest BCUT2D eigenvalue weighted by molar-refractivity contribution is 5.75. The number of aryl methyl sites for hydroxylation is 1. The van der Waals surface area contributed by atoms with Crippen LogP contribution in [0, 0.1) is 0 Å². The standard InChI is InChI=1S/C17H22N4O/c1-12(2)19-17(22)21-10-13-6-4-5-7-15(13)16(11-21)14-8-18-20(3)9-14/h4-9,12,16H,10-11H2,1-3H3,(H,19,22). The van der Waals surface area contributed by atoms with E-state index >= 15 is 0 Å². The molecule has 0 fully saturated rings. The first-order valence-corrected chi connectivity index (χ1v) is 7.66. The summed E-state index contributed by atoms with van der Waals surface area (Å²) >= 11 is 0. The second kappa shape index (κ2) is 5.83. The van der Waals surface area contributed by atoms with Crippen LogP contribution in [0.3, 0.4) is 0 Å². The fourth-order valence-corrected chi connectivity index (χ4v) is 3.01. The molecule has 2 heterocycles. The third-order valence-electron chi connectivity index (χ3n) is 4.02. The molecule has 1 aliphatic rings. The van der Waals surface area contributed by atoms with Gasteiger partial charge in [-0.25, -0.2) is 4.79 Å². The van der Waals surface area contributed by atoms with Crippen LogP contribution < -0.4 is 5.32 Å². The van der Waals surface area contributed by atoms with E-state index in [1.54, 1.807) is 0 Å². The molecule has 0 saturated heterocycles. The first kappa shape index (κ1) is 14.6. The number of fused-ring (bicyclic) bond motifs is 1. The number of amides is 2. The molecule has 1 N–H and O–H groups in total. The van der Waals surface area contributed by atoms with E-state index in [4.69, 9.17) is 0 Å². The fraction of sp³-hybridized carbons (Fsp3) is 0.412. The van der Waals surface area contributed by atoms with Crippen LogP contribution in [0.15, 0.2) is 36.7 Å². The van der Waals surface area contributed by atoms with Crippen LogP contribution in [0.2, 0.25) is 0 Å². The highest BCUT2D eigenvalue weighted by Crippen LogP contribution is 2.33. The van der Waals surface area contributed by atoms with Gasteiger partial charge in [0.25, 0.3) is 0 Å². The van der Waals surface area contributed by atoms with E-state index < -0.39 is 0 Å². The molecule has 0 aliphatic carbocycles. The minimum absolute atomic E-state index is 0.00149. The summed E-state index contributed by atoms with van der Waals surface area (Å²) in [4.78, 5) is 14.3. The normalized spacial score (nSPS) is 17.5. The van der Waals surface area contributed by atoms with E-state index in [0.717, 1.165) is 5.56 Å². The van der Waals surface area contributed by atoms with E-state index in [0.29, 0.717) is 13.1 Å². The van der Waals surface area contributed by atoms with Crippen molar-refractivity contribution < 1.29 is 4.79 Å². The van der Waals surface area contributed by atoms with Crippen LogP contribution in [0.5, 0.6) is 0 Å². The van der Waals surface area contributed by atoms with Crippen molar-refractivity contribution in [2.45, 2.75) is 32.4 Å². The monoisotopic (exact) mass is 298 g/mol. The topological polar surface area (TPSA) is 50.2 Å². The summed E-state index contributed by atoms with van der Waals surface area (Å²) < 4.78 is 1.81. The molecule has 0 radical (unpaired) electrons. The van der Waals surface area contributed by atoms with Gasteiger partial charge in [0, 0.05) is 38.3 Å². The summed E-state index contributed by atoms with van der Waals surface area (Å²) in [5, 5.41) is 7.27. The van der Waals surface area contributed by atoms with Crippen LogP contribution in [0.25, 0.3) is 0 Å². The van der Waals surface area contributed by atoms with Gasteiger partial charge in [-0.15, -0.1) is 0 Å². The molecule has 3 rings (SSSR count). The fourth-order valence-electron chi connectivity index (χ4n) is 3.01. The molecular formula is C17H22N4O. The first-order chi connectivity index (χ1) is 10.5. The van der Waals surface area contributed by atoms with Gasteiger partial charge in [-0.05, 0) is 30.5 Å². The van der Waals surface area contributed by atoms with Crippen molar-refractivity contribution in [2.75, 3.05) is 6.54 Å². The molecule has 116 valence electrons.